The fourth-order valence-electron chi connectivity index (χ4n) is 2.28. The Labute approximate surface area is 144 Å². The molecular weight excluding hydrogens is 322 g/mol. The molecule has 0 radical (unpaired) electrons. The predicted molar refractivity (Wildman–Crippen MR) is 98.5 cm³/mol. The third-order valence-corrected chi connectivity index (χ3v) is 4.45. The Kier molecular flexibility index (Phi) is 4.86. The van der Waals surface area contributed by atoms with Crippen molar-refractivity contribution in [1.29, 1.82) is 0 Å². The number of anilines is 2. The molecule has 6 heteroatoms. The fraction of sp³-hybridized carbons (Fsp3) is 0.111. The van der Waals surface area contributed by atoms with Crippen LogP contribution in [-0.2, 0) is 4.79 Å². The number of methoxy groups -OCH3 is 1. The summed E-state index contributed by atoms with van der Waals surface area (Å²) in [5.41, 5.74) is 7.75. The normalized spacial score (nSPS) is 10.5. The number of nitrogen functional groups attached to an aromatic ring is 1. The number of nitrogens with one attached hydrogen (secondary N) is 1. The first kappa shape index (κ1) is 16.1. The van der Waals surface area contributed by atoms with Gasteiger partial charge in [0.15, 0.2) is 0 Å². The lowest BCUT2D eigenvalue weighted by molar-refractivity contribution is -0.113. The molecule has 0 saturated heterocycles. The third-order valence-electron chi connectivity index (χ3n) is 3.44. The number of ether oxygens (including phenoxy) is 1. The van der Waals surface area contributed by atoms with Crippen LogP contribution < -0.4 is 15.8 Å². The molecular formula is C18H17N3O2S. The Bertz CT molecular complexity index is 866. The van der Waals surface area contributed by atoms with Crippen LogP contribution in [0.5, 0.6) is 5.75 Å². The highest BCUT2D eigenvalue weighted by Gasteiger charge is 2.10. The van der Waals surface area contributed by atoms with Gasteiger partial charge in [0.05, 0.1) is 24.1 Å². The van der Waals surface area contributed by atoms with Crippen LogP contribution in [0.4, 0.5) is 11.4 Å². The summed E-state index contributed by atoms with van der Waals surface area (Å²) in [6.45, 7) is 0. The summed E-state index contributed by atoms with van der Waals surface area (Å²) in [4.78, 5) is 17.6. The van der Waals surface area contributed by atoms with Crippen LogP contribution in [0.15, 0.2) is 59.6 Å². The van der Waals surface area contributed by atoms with Gasteiger partial charge in [-0.3, -0.25) is 9.78 Å². The smallest absolute Gasteiger partial charge is 0.234 e. The number of nitrogens with two attached hydrogens (primary N) is 1. The van der Waals surface area contributed by atoms with Gasteiger partial charge in [-0.2, -0.15) is 0 Å². The first-order chi connectivity index (χ1) is 11.7. The Morgan fingerprint density at radius 1 is 1.25 bits per heavy atom. The van der Waals surface area contributed by atoms with Gasteiger partial charge in [-0.05, 0) is 36.4 Å². The summed E-state index contributed by atoms with van der Waals surface area (Å²) in [6.07, 6.45) is 1.70. The second-order valence-corrected chi connectivity index (χ2v) is 6.20. The van der Waals surface area contributed by atoms with Crippen molar-refractivity contribution >= 4 is 39.9 Å². The molecule has 1 amide bonds. The van der Waals surface area contributed by atoms with Gasteiger partial charge in [0.2, 0.25) is 5.91 Å². The van der Waals surface area contributed by atoms with Gasteiger partial charge >= 0.3 is 0 Å². The average molecular weight is 339 g/mol. The zero-order chi connectivity index (χ0) is 16.9. The number of aromatic nitrogens is 1. The molecule has 2 aromatic carbocycles. The number of hydrogen-bond donors (Lipinski definition) is 2. The molecule has 0 atom stereocenters. The van der Waals surface area contributed by atoms with Crippen molar-refractivity contribution in [3.8, 4) is 5.75 Å². The summed E-state index contributed by atoms with van der Waals surface area (Å²) in [5.74, 6) is 0.879. The van der Waals surface area contributed by atoms with Crippen molar-refractivity contribution in [2.75, 3.05) is 23.9 Å². The van der Waals surface area contributed by atoms with E-state index in [9.17, 15) is 4.79 Å². The maximum atomic E-state index is 12.3. The van der Waals surface area contributed by atoms with Crippen LogP contribution >= 0.6 is 11.8 Å². The molecule has 0 fully saturated rings. The summed E-state index contributed by atoms with van der Waals surface area (Å²) < 4.78 is 5.29. The topological polar surface area (TPSA) is 77.2 Å². The molecule has 0 aliphatic carbocycles. The van der Waals surface area contributed by atoms with Crippen LogP contribution in [-0.4, -0.2) is 23.8 Å². The van der Waals surface area contributed by atoms with Crippen LogP contribution in [0.2, 0.25) is 0 Å². The highest BCUT2D eigenvalue weighted by Crippen LogP contribution is 2.28. The van der Waals surface area contributed by atoms with E-state index >= 15 is 0 Å². The number of carbonyl (C=O) groups excluding carboxylic acids is 1. The average Bonchev–Trinajstić information content (AvgIpc) is 2.61. The third kappa shape index (κ3) is 3.78. The van der Waals surface area contributed by atoms with Gasteiger partial charge in [0.1, 0.15) is 5.75 Å². The maximum absolute atomic E-state index is 12.3. The first-order valence-electron chi connectivity index (χ1n) is 7.36. The molecule has 24 heavy (non-hydrogen) atoms. The van der Waals surface area contributed by atoms with E-state index in [1.54, 1.807) is 19.4 Å². The number of benzene rings is 2. The zero-order valence-corrected chi connectivity index (χ0v) is 14.0. The minimum absolute atomic E-state index is 0.1000. The van der Waals surface area contributed by atoms with E-state index in [4.69, 9.17) is 10.5 Å². The SMILES string of the molecule is COc1cc(NC(=O)CSc2ccc(N)cc2)c2ncccc2c1. The van der Waals surface area contributed by atoms with E-state index in [1.807, 2.05) is 42.5 Å². The second kappa shape index (κ2) is 7.23. The lowest BCUT2D eigenvalue weighted by Crippen LogP contribution is -2.14. The van der Waals surface area contributed by atoms with E-state index in [0.717, 1.165) is 15.8 Å². The summed E-state index contributed by atoms with van der Waals surface area (Å²) in [7, 11) is 1.60. The lowest BCUT2D eigenvalue weighted by atomic mass is 10.2. The lowest BCUT2D eigenvalue weighted by Gasteiger charge is -2.10. The number of pyridine rings is 1. The second-order valence-electron chi connectivity index (χ2n) is 5.16. The number of nitrogens with zero attached hydrogens (tertiary/aromatic N) is 1. The quantitative estimate of drug-likeness (QED) is 0.549. The maximum Gasteiger partial charge on any atom is 0.234 e. The van der Waals surface area contributed by atoms with Crippen LogP contribution in [0.3, 0.4) is 0 Å². The summed E-state index contributed by atoms with van der Waals surface area (Å²) in [6, 6.07) is 14.9. The van der Waals surface area contributed by atoms with Gasteiger partial charge in [-0.25, -0.2) is 0 Å². The van der Waals surface area contributed by atoms with Gasteiger partial charge < -0.3 is 15.8 Å². The molecule has 3 N–H and O–H groups in total. The molecule has 0 aliphatic rings. The molecule has 0 aliphatic heterocycles. The number of thioether (sulfide) groups is 1. The number of hydrogen-bond acceptors (Lipinski definition) is 5. The van der Waals surface area contributed by atoms with E-state index < -0.39 is 0 Å². The van der Waals surface area contributed by atoms with Crippen LogP contribution in [0.1, 0.15) is 0 Å². The van der Waals surface area contributed by atoms with E-state index in [0.29, 0.717) is 22.9 Å². The van der Waals surface area contributed by atoms with Crippen molar-refractivity contribution in [3.63, 3.8) is 0 Å². The molecule has 3 rings (SSSR count). The van der Waals surface area contributed by atoms with Gasteiger partial charge in [-0.1, -0.05) is 6.07 Å². The van der Waals surface area contributed by atoms with Crippen molar-refractivity contribution in [3.05, 3.63) is 54.7 Å². The minimum Gasteiger partial charge on any atom is -0.497 e. The van der Waals surface area contributed by atoms with Gasteiger partial charge in [0, 0.05) is 28.2 Å². The van der Waals surface area contributed by atoms with Crippen molar-refractivity contribution in [2.45, 2.75) is 4.90 Å². The highest BCUT2D eigenvalue weighted by atomic mass is 32.2. The molecule has 5 nitrogen and oxygen atoms in total. The minimum atomic E-state index is -0.1000. The number of amides is 1. The number of rotatable bonds is 5. The largest absolute Gasteiger partial charge is 0.497 e. The molecule has 3 aromatic rings. The Morgan fingerprint density at radius 3 is 2.79 bits per heavy atom. The van der Waals surface area contributed by atoms with Crippen LogP contribution in [0, 0.1) is 0 Å². The molecule has 122 valence electrons. The molecule has 1 heterocycles. The summed E-state index contributed by atoms with van der Waals surface area (Å²) in [5, 5.41) is 3.83. The number of carbonyl (C=O) groups is 1. The van der Waals surface area contributed by atoms with E-state index in [2.05, 4.69) is 10.3 Å². The Hall–Kier alpha value is -2.73. The number of fused-ring (bicyclic) bond motifs is 1. The van der Waals surface area contributed by atoms with Gasteiger partial charge in [-0.15, -0.1) is 11.8 Å². The van der Waals surface area contributed by atoms with Gasteiger partial charge in [0.25, 0.3) is 0 Å². The molecule has 0 bridgehead atoms. The van der Waals surface area contributed by atoms with Crippen molar-refractivity contribution in [2.24, 2.45) is 0 Å². The standard InChI is InChI=1S/C18H17N3O2S/c1-23-14-9-12-3-2-8-20-18(12)16(10-14)21-17(22)11-24-15-6-4-13(19)5-7-15/h2-10H,11,19H2,1H3,(H,21,22). The highest BCUT2D eigenvalue weighted by molar-refractivity contribution is 8.00. The van der Waals surface area contributed by atoms with Crippen molar-refractivity contribution in [1.82, 2.24) is 4.98 Å². The molecule has 0 spiro atoms. The first-order valence-corrected chi connectivity index (χ1v) is 8.35. The van der Waals surface area contributed by atoms with E-state index in [-0.39, 0.29) is 5.91 Å². The monoisotopic (exact) mass is 339 g/mol. The Balaban J connectivity index is 1.74. The predicted octanol–water partition coefficient (Wildman–Crippen LogP) is 3.56. The fourth-order valence-corrected chi connectivity index (χ4v) is 2.98. The Morgan fingerprint density at radius 2 is 2.04 bits per heavy atom. The zero-order valence-electron chi connectivity index (χ0n) is 13.2. The summed E-state index contributed by atoms with van der Waals surface area (Å²) >= 11 is 1.45. The molecule has 0 unspecified atom stereocenters. The van der Waals surface area contributed by atoms with Crippen molar-refractivity contribution < 1.29 is 9.53 Å². The van der Waals surface area contributed by atoms with Crippen LogP contribution in [0.25, 0.3) is 10.9 Å². The molecule has 0 saturated carbocycles. The van der Waals surface area contributed by atoms with E-state index in [1.165, 1.54) is 11.8 Å². The molecule has 1 aromatic heterocycles.